The van der Waals surface area contributed by atoms with Crippen LogP contribution in [0, 0.1) is 6.92 Å². The third-order valence-corrected chi connectivity index (χ3v) is 5.58. The van der Waals surface area contributed by atoms with Gasteiger partial charge in [-0.2, -0.15) is 14.6 Å². The van der Waals surface area contributed by atoms with E-state index in [0.29, 0.717) is 23.7 Å². The van der Waals surface area contributed by atoms with Crippen molar-refractivity contribution >= 4 is 17.4 Å². The predicted octanol–water partition coefficient (Wildman–Crippen LogP) is 1.87. The number of aryl methyl sites for hydroxylation is 1. The molecule has 4 heterocycles. The molecule has 9 nitrogen and oxygen atoms in total. The summed E-state index contributed by atoms with van der Waals surface area (Å²) in [6.45, 7) is 3.94. The Morgan fingerprint density at radius 2 is 1.79 bits per heavy atom. The molecule has 3 aromatic heterocycles. The van der Waals surface area contributed by atoms with E-state index in [9.17, 15) is 0 Å². The Balaban J connectivity index is 1.36. The molecule has 0 spiro atoms. The minimum atomic E-state index is 0.470. The van der Waals surface area contributed by atoms with E-state index in [0.717, 1.165) is 43.3 Å². The number of methoxy groups -OCH3 is 1. The number of ether oxygens (including phenoxy) is 1. The topological polar surface area (TPSA) is 84.6 Å². The molecule has 1 saturated heterocycles. The molecule has 1 aliphatic carbocycles. The monoisotopic (exact) mass is 380 g/mol. The molecule has 146 valence electrons. The molecule has 9 heteroatoms. The summed E-state index contributed by atoms with van der Waals surface area (Å²) in [5.41, 5.74) is 0.963. The van der Waals surface area contributed by atoms with E-state index in [1.165, 1.54) is 12.8 Å². The second-order valence-electron chi connectivity index (χ2n) is 7.50. The van der Waals surface area contributed by atoms with Crippen molar-refractivity contribution in [1.82, 2.24) is 29.5 Å². The van der Waals surface area contributed by atoms with Gasteiger partial charge in [-0.1, -0.05) is 0 Å². The van der Waals surface area contributed by atoms with Crippen molar-refractivity contribution in [2.24, 2.45) is 0 Å². The van der Waals surface area contributed by atoms with Crippen LogP contribution in [0.25, 0.3) is 5.78 Å². The van der Waals surface area contributed by atoms with E-state index in [1.807, 2.05) is 17.5 Å². The second-order valence-corrected chi connectivity index (χ2v) is 7.50. The molecule has 1 aliphatic heterocycles. The standard InChI is InChI=1S/C19H24N8O/c1-13-9-18(27-19(24-13)22-12-23-27)25-7-5-15(6-8-25)26(14-3-4-14)16-10-17(28-2)21-11-20-16/h9-12,14-15H,3-8H2,1-2H3. The molecule has 0 aromatic carbocycles. The lowest BCUT2D eigenvalue weighted by atomic mass is 10.0. The van der Waals surface area contributed by atoms with Gasteiger partial charge in [-0.05, 0) is 32.6 Å². The first kappa shape index (κ1) is 17.2. The number of piperidine rings is 1. The van der Waals surface area contributed by atoms with Crippen molar-refractivity contribution in [3.05, 3.63) is 30.5 Å². The zero-order valence-electron chi connectivity index (χ0n) is 16.2. The van der Waals surface area contributed by atoms with Gasteiger partial charge in [-0.25, -0.2) is 15.0 Å². The molecule has 0 unspecified atom stereocenters. The highest BCUT2D eigenvalue weighted by Crippen LogP contribution is 2.36. The highest BCUT2D eigenvalue weighted by molar-refractivity contribution is 5.49. The number of aromatic nitrogens is 6. The van der Waals surface area contributed by atoms with Gasteiger partial charge < -0.3 is 14.5 Å². The van der Waals surface area contributed by atoms with Crippen molar-refractivity contribution in [2.45, 2.75) is 44.7 Å². The number of anilines is 2. The maximum Gasteiger partial charge on any atom is 0.254 e. The first-order valence-corrected chi connectivity index (χ1v) is 9.79. The Hall–Kier alpha value is -2.97. The molecule has 1 saturated carbocycles. The van der Waals surface area contributed by atoms with Crippen LogP contribution in [0.2, 0.25) is 0 Å². The lowest BCUT2D eigenvalue weighted by Crippen LogP contribution is -2.47. The summed E-state index contributed by atoms with van der Waals surface area (Å²) in [5.74, 6) is 3.32. The minimum absolute atomic E-state index is 0.470. The van der Waals surface area contributed by atoms with Gasteiger partial charge in [0.15, 0.2) is 0 Å². The van der Waals surface area contributed by atoms with Gasteiger partial charge in [0.05, 0.1) is 7.11 Å². The number of rotatable bonds is 5. The molecule has 2 fully saturated rings. The van der Waals surface area contributed by atoms with E-state index in [2.05, 4.69) is 40.9 Å². The summed E-state index contributed by atoms with van der Waals surface area (Å²) in [4.78, 5) is 22.3. The predicted molar refractivity (Wildman–Crippen MR) is 105 cm³/mol. The van der Waals surface area contributed by atoms with E-state index >= 15 is 0 Å². The largest absolute Gasteiger partial charge is 0.481 e. The molecule has 28 heavy (non-hydrogen) atoms. The van der Waals surface area contributed by atoms with Crippen LogP contribution in [-0.2, 0) is 0 Å². The van der Waals surface area contributed by atoms with E-state index < -0.39 is 0 Å². The lowest BCUT2D eigenvalue weighted by molar-refractivity contribution is 0.395. The third-order valence-electron chi connectivity index (χ3n) is 5.58. The van der Waals surface area contributed by atoms with Crippen LogP contribution in [0.1, 0.15) is 31.4 Å². The Bertz CT molecular complexity index is 977. The molecule has 0 radical (unpaired) electrons. The molecule has 0 bridgehead atoms. The average molecular weight is 380 g/mol. The smallest absolute Gasteiger partial charge is 0.254 e. The molecule has 0 amide bonds. The zero-order valence-corrected chi connectivity index (χ0v) is 16.2. The van der Waals surface area contributed by atoms with Gasteiger partial charge in [0.25, 0.3) is 5.78 Å². The summed E-state index contributed by atoms with van der Waals surface area (Å²) >= 11 is 0. The number of hydrogen-bond acceptors (Lipinski definition) is 8. The van der Waals surface area contributed by atoms with Crippen molar-refractivity contribution in [2.75, 3.05) is 30.0 Å². The quantitative estimate of drug-likeness (QED) is 0.663. The van der Waals surface area contributed by atoms with Crippen LogP contribution < -0.4 is 14.5 Å². The van der Waals surface area contributed by atoms with Gasteiger partial charge in [0, 0.05) is 43.0 Å². The van der Waals surface area contributed by atoms with Crippen LogP contribution in [0.15, 0.2) is 24.8 Å². The summed E-state index contributed by atoms with van der Waals surface area (Å²) in [7, 11) is 1.65. The van der Waals surface area contributed by atoms with Crippen molar-refractivity contribution in [3.8, 4) is 5.88 Å². The SMILES string of the molecule is COc1cc(N(C2CC2)C2CCN(c3cc(C)nc4ncnn34)CC2)ncn1. The van der Waals surface area contributed by atoms with Crippen molar-refractivity contribution in [3.63, 3.8) is 0 Å². The molecular weight excluding hydrogens is 356 g/mol. The minimum Gasteiger partial charge on any atom is -0.481 e. The van der Waals surface area contributed by atoms with Gasteiger partial charge in [0.2, 0.25) is 5.88 Å². The zero-order chi connectivity index (χ0) is 19.1. The first-order valence-electron chi connectivity index (χ1n) is 9.79. The maximum atomic E-state index is 5.30. The normalized spacial score (nSPS) is 17.9. The highest BCUT2D eigenvalue weighted by Gasteiger charge is 2.37. The van der Waals surface area contributed by atoms with Gasteiger partial charge in [0.1, 0.15) is 24.3 Å². The fraction of sp³-hybridized carbons (Fsp3) is 0.526. The Kier molecular flexibility index (Phi) is 4.22. The van der Waals surface area contributed by atoms with E-state index in [4.69, 9.17) is 4.74 Å². The second kappa shape index (κ2) is 6.88. The first-order chi connectivity index (χ1) is 13.7. The average Bonchev–Trinajstić information content (AvgIpc) is 3.44. The van der Waals surface area contributed by atoms with Gasteiger partial charge in [-0.15, -0.1) is 0 Å². The molecule has 5 rings (SSSR count). The van der Waals surface area contributed by atoms with E-state index in [1.54, 1.807) is 19.8 Å². The molecule has 0 atom stereocenters. The number of hydrogen-bond donors (Lipinski definition) is 0. The Labute approximate surface area is 163 Å². The maximum absolute atomic E-state index is 5.30. The molecule has 2 aliphatic rings. The van der Waals surface area contributed by atoms with Crippen LogP contribution in [0.3, 0.4) is 0 Å². The summed E-state index contributed by atoms with van der Waals surface area (Å²) in [6.07, 6.45) is 7.77. The van der Waals surface area contributed by atoms with Crippen molar-refractivity contribution < 1.29 is 4.74 Å². The fourth-order valence-corrected chi connectivity index (χ4v) is 4.12. The number of nitrogens with zero attached hydrogens (tertiary/aromatic N) is 8. The van der Waals surface area contributed by atoms with Gasteiger partial charge in [-0.3, -0.25) is 0 Å². The Morgan fingerprint density at radius 1 is 1.00 bits per heavy atom. The van der Waals surface area contributed by atoms with Crippen LogP contribution >= 0.6 is 0 Å². The Morgan fingerprint density at radius 3 is 2.54 bits per heavy atom. The fourth-order valence-electron chi connectivity index (χ4n) is 4.12. The van der Waals surface area contributed by atoms with Gasteiger partial charge >= 0.3 is 0 Å². The molecular formula is C19H24N8O. The molecule has 0 N–H and O–H groups in total. The van der Waals surface area contributed by atoms with E-state index in [-0.39, 0.29) is 0 Å². The summed E-state index contributed by atoms with van der Waals surface area (Å²) in [5, 5.41) is 4.35. The van der Waals surface area contributed by atoms with Crippen molar-refractivity contribution in [1.29, 1.82) is 0 Å². The highest BCUT2D eigenvalue weighted by atomic mass is 16.5. The summed E-state index contributed by atoms with van der Waals surface area (Å²) < 4.78 is 7.14. The van der Waals surface area contributed by atoms with Crippen LogP contribution in [-0.4, -0.2) is 61.8 Å². The lowest BCUT2D eigenvalue weighted by Gasteiger charge is -2.40. The number of fused-ring (bicyclic) bond motifs is 1. The van der Waals surface area contributed by atoms with Crippen LogP contribution in [0.4, 0.5) is 11.6 Å². The van der Waals surface area contributed by atoms with Crippen LogP contribution in [0.5, 0.6) is 5.88 Å². The summed E-state index contributed by atoms with van der Waals surface area (Å²) in [6, 6.07) is 5.10. The third kappa shape index (κ3) is 3.10. The molecule has 3 aromatic rings.